The van der Waals surface area contributed by atoms with Crippen LogP contribution in [0.15, 0.2) is 60.7 Å². The topological polar surface area (TPSA) is 89.3 Å². The fourth-order valence-electron chi connectivity index (χ4n) is 4.11. The van der Waals surface area contributed by atoms with Crippen molar-refractivity contribution in [3.05, 3.63) is 71.8 Å². The quantitative estimate of drug-likeness (QED) is 0.212. The number of Topliss-reactive ketones (excluding diaryl/α,β-unsaturated/α-hetero) is 2. The molecule has 0 saturated carbocycles. The Hall–Kier alpha value is -3.00. The highest BCUT2D eigenvalue weighted by Gasteiger charge is 2.38. The molecule has 0 aliphatic carbocycles. The number of benzene rings is 2. The van der Waals surface area contributed by atoms with Crippen LogP contribution in [0.5, 0.6) is 0 Å². The standard InChI is InChI=1S/C17H22F3NO2.C15H23NO/c1-13(7-5-6-12-21-16(23)17(18,19)20)15(22)11-10-14-8-3-2-4-9-14;1-13(7-5-6-12-16)15(17)11-10-14-8-3-2-4-9-14/h2-4,8-9,13H,5-7,10-12H2,1H3,(H,21,23);2-4,8-9,13H,5-7,10-12,16H2,1H3/t2*13-/m00/s1. The number of ketones is 2. The van der Waals surface area contributed by atoms with E-state index in [4.69, 9.17) is 5.73 Å². The zero-order valence-corrected chi connectivity index (χ0v) is 23.8. The minimum atomic E-state index is -4.83. The summed E-state index contributed by atoms with van der Waals surface area (Å²) in [5.74, 6) is -1.30. The molecule has 2 rings (SSSR count). The van der Waals surface area contributed by atoms with Gasteiger partial charge < -0.3 is 11.1 Å². The van der Waals surface area contributed by atoms with Gasteiger partial charge in [-0.25, -0.2) is 0 Å². The molecule has 0 bridgehead atoms. The summed E-state index contributed by atoms with van der Waals surface area (Å²) >= 11 is 0. The summed E-state index contributed by atoms with van der Waals surface area (Å²) in [4.78, 5) is 34.5. The molecule has 1 amide bonds. The van der Waals surface area contributed by atoms with Crippen LogP contribution in [0.25, 0.3) is 0 Å². The SMILES string of the molecule is C[C@@H](CCCCN)C(=O)CCc1ccccc1.C[C@@H](CCCCNC(=O)C(F)(F)F)C(=O)CCc1ccccc1. The first-order valence-corrected chi connectivity index (χ1v) is 14.2. The Morgan fingerprint density at radius 1 is 0.725 bits per heavy atom. The molecule has 0 unspecified atom stereocenters. The predicted octanol–water partition coefficient (Wildman–Crippen LogP) is 6.63. The van der Waals surface area contributed by atoms with E-state index in [0.29, 0.717) is 44.3 Å². The molecule has 0 saturated heterocycles. The van der Waals surface area contributed by atoms with E-state index in [1.165, 1.54) is 5.56 Å². The highest BCUT2D eigenvalue weighted by molar-refractivity contribution is 5.82. The second-order valence-electron chi connectivity index (χ2n) is 10.2. The van der Waals surface area contributed by atoms with Crippen LogP contribution in [0.1, 0.15) is 76.3 Å². The van der Waals surface area contributed by atoms with Gasteiger partial charge in [-0.05, 0) is 56.2 Å². The molecule has 2 atom stereocenters. The summed E-state index contributed by atoms with van der Waals surface area (Å²) in [6.07, 6.45) is 2.58. The number of hydrogen-bond donors (Lipinski definition) is 2. The van der Waals surface area contributed by atoms with Gasteiger partial charge in [0.15, 0.2) is 0 Å². The van der Waals surface area contributed by atoms with Crippen LogP contribution in [-0.4, -0.2) is 36.7 Å². The monoisotopic (exact) mass is 562 g/mol. The van der Waals surface area contributed by atoms with Crippen LogP contribution in [0.4, 0.5) is 13.2 Å². The highest BCUT2D eigenvalue weighted by atomic mass is 19.4. The summed E-state index contributed by atoms with van der Waals surface area (Å²) in [5, 5.41) is 1.82. The summed E-state index contributed by atoms with van der Waals surface area (Å²) in [7, 11) is 0. The predicted molar refractivity (Wildman–Crippen MR) is 154 cm³/mol. The van der Waals surface area contributed by atoms with Gasteiger partial charge in [-0.3, -0.25) is 14.4 Å². The van der Waals surface area contributed by atoms with Crippen LogP contribution in [0, 0.1) is 11.8 Å². The van der Waals surface area contributed by atoms with Gasteiger partial charge in [0.05, 0.1) is 0 Å². The van der Waals surface area contributed by atoms with Gasteiger partial charge in [0.2, 0.25) is 0 Å². The smallest absolute Gasteiger partial charge is 0.348 e. The number of alkyl halides is 3. The number of halogens is 3. The minimum Gasteiger partial charge on any atom is -0.348 e. The maximum absolute atomic E-state index is 12.0. The number of nitrogens with one attached hydrogen (secondary N) is 1. The molecule has 0 spiro atoms. The molecule has 0 heterocycles. The van der Waals surface area contributed by atoms with E-state index in [1.807, 2.05) is 67.7 Å². The number of amides is 1. The Morgan fingerprint density at radius 3 is 1.55 bits per heavy atom. The maximum Gasteiger partial charge on any atom is 0.471 e. The van der Waals surface area contributed by atoms with Crippen molar-refractivity contribution in [2.45, 2.75) is 84.2 Å². The van der Waals surface area contributed by atoms with Crippen LogP contribution < -0.4 is 11.1 Å². The number of unbranched alkanes of at least 4 members (excludes halogenated alkanes) is 2. The number of hydrogen-bond acceptors (Lipinski definition) is 4. The Balaban J connectivity index is 0.000000418. The van der Waals surface area contributed by atoms with E-state index in [2.05, 4.69) is 12.1 Å². The van der Waals surface area contributed by atoms with Gasteiger partial charge in [-0.15, -0.1) is 0 Å². The summed E-state index contributed by atoms with van der Waals surface area (Å²) in [5.41, 5.74) is 7.80. The second-order valence-corrected chi connectivity index (χ2v) is 10.2. The largest absolute Gasteiger partial charge is 0.471 e. The third kappa shape index (κ3) is 16.2. The van der Waals surface area contributed by atoms with Crippen molar-refractivity contribution in [3.8, 4) is 0 Å². The number of carbonyl (C=O) groups excluding carboxylic acids is 3. The lowest BCUT2D eigenvalue weighted by Crippen LogP contribution is -2.37. The summed E-state index contributed by atoms with van der Waals surface area (Å²) < 4.78 is 35.9. The van der Waals surface area contributed by atoms with Gasteiger partial charge >= 0.3 is 12.1 Å². The number of aryl methyl sites for hydroxylation is 2. The van der Waals surface area contributed by atoms with Gasteiger partial charge in [0.25, 0.3) is 0 Å². The van der Waals surface area contributed by atoms with Crippen molar-refractivity contribution in [2.24, 2.45) is 17.6 Å². The van der Waals surface area contributed by atoms with Gasteiger partial charge in [0, 0.05) is 31.2 Å². The summed E-state index contributed by atoms with van der Waals surface area (Å²) in [6.45, 7) is 4.57. The van der Waals surface area contributed by atoms with Crippen molar-refractivity contribution >= 4 is 17.5 Å². The molecular weight excluding hydrogens is 517 g/mol. The minimum absolute atomic E-state index is 0.0245. The molecule has 0 aliphatic rings. The first-order valence-electron chi connectivity index (χ1n) is 14.2. The van der Waals surface area contributed by atoms with Crippen LogP contribution in [0.2, 0.25) is 0 Å². The molecule has 2 aromatic rings. The Bertz CT molecular complexity index is 982. The molecule has 0 aromatic heterocycles. The fraction of sp³-hybridized carbons (Fsp3) is 0.531. The van der Waals surface area contributed by atoms with Gasteiger partial charge in [0.1, 0.15) is 11.6 Å². The number of rotatable bonds is 17. The van der Waals surface area contributed by atoms with Crippen molar-refractivity contribution < 1.29 is 27.6 Å². The van der Waals surface area contributed by atoms with E-state index in [0.717, 1.165) is 37.8 Å². The molecule has 0 radical (unpaired) electrons. The van der Waals surface area contributed by atoms with Crippen LogP contribution in [-0.2, 0) is 27.2 Å². The van der Waals surface area contributed by atoms with E-state index in [9.17, 15) is 27.6 Å². The van der Waals surface area contributed by atoms with Gasteiger partial charge in [-0.2, -0.15) is 13.2 Å². The zero-order chi connectivity index (χ0) is 29.8. The Morgan fingerprint density at radius 2 is 1.15 bits per heavy atom. The Kier molecular flexibility index (Phi) is 17.5. The normalized spacial score (nSPS) is 12.6. The molecule has 2 aromatic carbocycles. The van der Waals surface area contributed by atoms with E-state index in [1.54, 1.807) is 0 Å². The lowest BCUT2D eigenvalue weighted by molar-refractivity contribution is -0.173. The average Bonchev–Trinajstić information content (AvgIpc) is 2.95. The third-order valence-corrected chi connectivity index (χ3v) is 6.80. The van der Waals surface area contributed by atoms with Crippen LogP contribution >= 0.6 is 0 Å². The molecule has 3 N–H and O–H groups in total. The third-order valence-electron chi connectivity index (χ3n) is 6.80. The van der Waals surface area contributed by atoms with Crippen molar-refractivity contribution in [2.75, 3.05) is 13.1 Å². The first kappa shape index (κ1) is 35.0. The first-order chi connectivity index (χ1) is 19.0. The highest BCUT2D eigenvalue weighted by Crippen LogP contribution is 2.16. The lowest BCUT2D eigenvalue weighted by atomic mass is 9.95. The maximum atomic E-state index is 12.0. The second kappa shape index (κ2) is 20.0. The van der Waals surface area contributed by atoms with E-state index < -0.39 is 12.1 Å². The molecule has 0 fully saturated rings. The van der Waals surface area contributed by atoms with Crippen LogP contribution in [0.3, 0.4) is 0 Å². The van der Waals surface area contributed by atoms with E-state index >= 15 is 0 Å². The average molecular weight is 563 g/mol. The summed E-state index contributed by atoms with van der Waals surface area (Å²) in [6, 6.07) is 19.9. The molecule has 5 nitrogen and oxygen atoms in total. The van der Waals surface area contributed by atoms with E-state index in [-0.39, 0.29) is 24.2 Å². The molecule has 40 heavy (non-hydrogen) atoms. The number of nitrogens with two attached hydrogens (primary N) is 1. The molecule has 222 valence electrons. The fourth-order valence-corrected chi connectivity index (χ4v) is 4.11. The molecular formula is C32H45F3N2O3. The number of carbonyl (C=O) groups is 3. The van der Waals surface area contributed by atoms with Gasteiger partial charge in [-0.1, -0.05) is 87.4 Å². The molecule has 0 aliphatic heterocycles. The lowest BCUT2D eigenvalue weighted by Gasteiger charge is -2.11. The van der Waals surface area contributed by atoms with Crippen molar-refractivity contribution in [3.63, 3.8) is 0 Å². The Labute approximate surface area is 237 Å². The zero-order valence-electron chi connectivity index (χ0n) is 23.8. The molecule has 8 heteroatoms. The van der Waals surface area contributed by atoms with Crippen molar-refractivity contribution in [1.29, 1.82) is 0 Å². The van der Waals surface area contributed by atoms with Crippen molar-refractivity contribution in [1.82, 2.24) is 5.32 Å².